The van der Waals surface area contributed by atoms with Gasteiger partial charge in [-0.15, -0.1) is 10.2 Å². The predicted octanol–water partition coefficient (Wildman–Crippen LogP) is 3.44. The quantitative estimate of drug-likeness (QED) is 0.572. The minimum Gasteiger partial charge on any atom is -0.350 e. The van der Waals surface area contributed by atoms with E-state index in [1.165, 1.54) is 35.2 Å². The second-order valence-corrected chi connectivity index (χ2v) is 6.43. The van der Waals surface area contributed by atoms with Crippen molar-refractivity contribution in [1.82, 2.24) is 15.2 Å². The number of amides is 1. The highest BCUT2D eigenvalue weighted by Crippen LogP contribution is 2.25. The summed E-state index contributed by atoms with van der Waals surface area (Å²) in [6.07, 6.45) is 1.89. The molecule has 2 N–H and O–H groups in total. The molecule has 1 aromatic carbocycles. The summed E-state index contributed by atoms with van der Waals surface area (Å²) < 4.78 is 14.1. The van der Waals surface area contributed by atoms with Gasteiger partial charge in [-0.05, 0) is 36.9 Å². The molecule has 3 rings (SSSR count). The number of hydrogen-bond acceptors (Lipinski definition) is 5. The van der Waals surface area contributed by atoms with Gasteiger partial charge in [-0.25, -0.2) is 4.39 Å². The van der Waals surface area contributed by atoms with Crippen molar-refractivity contribution in [1.29, 1.82) is 0 Å². The third-order valence-electron chi connectivity index (χ3n) is 2.96. The number of hydrogen-bond donors (Lipinski definition) is 2. The van der Waals surface area contributed by atoms with Gasteiger partial charge >= 0.3 is 0 Å². The minimum absolute atomic E-state index is 0.324. The van der Waals surface area contributed by atoms with E-state index in [4.69, 9.17) is 0 Å². The lowest BCUT2D eigenvalue weighted by Gasteiger charge is -1.96. The zero-order chi connectivity index (χ0) is 15.0. The first kappa shape index (κ1) is 14.0. The van der Waals surface area contributed by atoms with Crippen molar-refractivity contribution in [2.75, 3.05) is 11.6 Å². The van der Waals surface area contributed by atoms with Crippen molar-refractivity contribution in [3.8, 4) is 0 Å². The number of nitrogens with one attached hydrogen (secondary N) is 2. The number of carbonyl (C=O) groups excluding carboxylic acids is 1. The highest BCUT2D eigenvalue weighted by Gasteiger charge is 2.14. The Labute approximate surface area is 128 Å². The third kappa shape index (κ3) is 2.77. The standard InChI is InChI=1S/C13H11FN4OS2/c1-6-3-7(14)4-9-8(6)5-10(15-9)11(19)16-12-17-18-13(20-2)21-12/h3-5,15H,1-2H3,(H,16,17,19). The van der Waals surface area contributed by atoms with Crippen LogP contribution in [0.3, 0.4) is 0 Å². The van der Waals surface area contributed by atoms with E-state index in [1.807, 2.05) is 6.26 Å². The first-order chi connectivity index (χ1) is 10.1. The van der Waals surface area contributed by atoms with Crippen molar-refractivity contribution < 1.29 is 9.18 Å². The Kier molecular flexibility index (Phi) is 3.64. The molecule has 0 saturated carbocycles. The van der Waals surface area contributed by atoms with E-state index in [1.54, 1.807) is 13.0 Å². The lowest BCUT2D eigenvalue weighted by Crippen LogP contribution is -2.11. The Morgan fingerprint density at radius 1 is 1.38 bits per heavy atom. The molecule has 2 heterocycles. The lowest BCUT2D eigenvalue weighted by atomic mass is 10.1. The van der Waals surface area contributed by atoms with Crippen molar-refractivity contribution in [3.63, 3.8) is 0 Å². The molecule has 0 aliphatic carbocycles. The van der Waals surface area contributed by atoms with Gasteiger partial charge in [-0.1, -0.05) is 23.1 Å². The number of fused-ring (bicyclic) bond motifs is 1. The van der Waals surface area contributed by atoms with E-state index >= 15 is 0 Å². The van der Waals surface area contributed by atoms with Crippen LogP contribution in [-0.2, 0) is 0 Å². The Morgan fingerprint density at radius 3 is 2.90 bits per heavy atom. The first-order valence-electron chi connectivity index (χ1n) is 6.04. The zero-order valence-electron chi connectivity index (χ0n) is 11.2. The zero-order valence-corrected chi connectivity index (χ0v) is 12.9. The predicted molar refractivity (Wildman–Crippen MR) is 82.6 cm³/mol. The molecule has 5 nitrogen and oxygen atoms in total. The number of nitrogens with zero attached hydrogens (tertiary/aromatic N) is 2. The van der Waals surface area contributed by atoms with Crippen LogP contribution in [-0.4, -0.2) is 27.3 Å². The van der Waals surface area contributed by atoms with E-state index in [0.29, 0.717) is 16.3 Å². The van der Waals surface area contributed by atoms with Crippen molar-refractivity contribution in [2.45, 2.75) is 11.3 Å². The van der Waals surface area contributed by atoms with Gasteiger partial charge in [0.1, 0.15) is 11.5 Å². The number of benzene rings is 1. The van der Waals surface area contributed by atoms with Gasteiger partial charge in [0, 0.05) is 10.9 Å². The number of aromatic nitrogens is 3. The SMILES string of the molecule is CSc1nnc(NC(=O)c2cc3c(C)cc(F)cc3[nH]2)s1. The molecule has 0 unspecified atom stereocenters. The van der Waals surface area contributed by atoms with Crippen molar-refractivity contribution in [2.24, 2.45) is 0 Å². The summed E-state index contributed by atoms with van der Waals surface area (Å²) in [5.41, 5.74) is 1.74. The molecule has 0 aliphatic heterocycles. The van der Waals surface area contributed by atoms with Gasteiger partial charge in [-0.2, -0.15) is 0 Å². The van der Waals surface area contributed by atoms with E-state index < -0.39 is 0 Å². The topological polar surface area (TPSA) is 70.7 Å². The molecule has 108 valence electrons. The second-order valence-electron chi connectivity index (χ2n) is 4.40. The normalized spacial score (nSPS) is 11.0. The Balaban J connectivity index is 1.89. The number of rotatable bonds is 3. The smallest absolute Gasteiger partial charge is 0.273 e. The molecule has 0 fully saturated rings. The van der Waals surface area contributed by atoms with Gasteiger partial charge < -0.3 is 4.98 Å². The molecular weight excluding hydrogens is 311 g/mol. The van der Waals surface area contributed by atoms with Gasteiger partial charge in [-0.3, -0.25) is 10.1 Å². The highest BCUT2D eigenvalue weighted by molar-refractivity contribution is 8.00. The summed E-state index contributed by atoms with van der Waals surface area (Å²) in [5, 5.41) is 11.7. The number of thioether (sulfide) groups is 1. The minimum atomic E-state index is -0.331. The molecule has 8 heteroatoms. The lowest BCUT2D eigenvalue weighted by molar-refractivity contribution is 0.102. The summed E-state index contributed by atoms with van der Waals surface area (Å²) in [6, 6.07) is 4.51. The molecule has 2 aromatic heterocycles. The maximum absolute atomic E-state index is 13.4. The molecule has 0 atom stereocenters. The van der Waals surface area contributed by atoms with E-state index in [0.717, 1.165) is 15.3 Å². The number of H-pyrrole nitrogens is 1. The highest BCUT2D eigenvalue weighted by atomic mass is 32.2. The fourth-order valence-electron chi connectivity index (χ4n) is 2.00. The van der Waals surface area contributed by atoms with Crippen LogP contribution in [0.4, 0.5) is 9.52 Å². The van der Waals surface area contributed by atoms with Crippen LogP contribution in [0, 0.1) is 12.7 Å². The summed E-state index contributed by atoms with van der Waals surface area (Å²) in [5.74, 6) is -0.655. The van der Waals surface area contributed by atoms with Gasteiger partial charge in [0.2, 0.25) is 5.13 Å². The number of carbonyl (C=O) groups is 1. The van der Waals surface area contributed by atoms with Crippen molar-refractivity contribution >= 4 is 45.0 Å². The molecular formula is C13H11FN4OS2. The monoisotopic (exact) mass is 322 g/mol. The second kappa shape index (κ2) is 5.45. The van der Waals surface area contributed by atoms with E-state index in [9.17, 15) is 9.18 Å². The maximum atomic E-state index is 13.4. The Hall–Kier alpha value is -1.93. The number of anilines is 1. The fraction of sp³-hybridized carbons (Fsp3) is 0.154. The summed E-state index contributed by atoms with van der Waals surface area (Å²) in [4.78, 5) is 15.1. The van der Waals surface area contributed by atoms with Crippen LogP contribution in [0.2, 0.25) is 0 Å². The van der Waals surface area contributed by atoms with Crippen LogP contribution in [0.1, 0.15) is 16.1 Å². The van der Waals surface area contributed by atoms with Crippen molar-refractivity contribution in [3.05, 3.63) is 35.3 Å². The average Bonchev–Trinajstić information content (AvgIpc) is 3.04. The van der Waals surface area contributed by atoms with E-state index in [2.05, 4.69) is 20.5 Å². The third-order valence-corrected chi connectivity index (χ3v) is 4.77. The van der Waals surface area contributed by atoms with Crippen LogP contribution in [0.5, 0.6) is 0 Å². The fourth-order valence-corrected chi connectivity index (χ4v) is 3.17. The van der Waals surface area contributed by atoms with Gasteiger partial charge in [0.05, 0.1) is 0 Å². The molecule has 0 saturated heterocycles. The van der Waals surface area contributed by atoms with Crippen LogP contribution in [0.15, 0.2) is 22.5 Å². The summed E-state index contributed by atoms with van der Waals surface area (Å²) in [7, 11) is 0. The molecule has 1 amide bonds. The molecule has 3 aromatic rings. The van der Waals surface area contributed by atoms with E-state index in [-0.39, 0.29) is 11.7 Å². The molecule has 0 radical (unpaired) electrons. The average molecular weight is 322 g/mol. The number of halogens is 1. The summed E-state index contributed by atoms with van der Waals surface area (Å²) in [6.45, 7) is 1.80. The number of aryl methyl sites for hydroxylation is 1. The Bertz CT molecular complexity index is 827. The molecule has 0 spiro atoms. The Morgan fingerprint density at radius 2 is 2.19 bits per heavy atom. The van der Waals surface area contributed by atoms with Gasteiger partial charge in [0.15, 0.2) is 4.34 Å². The molecule has 21 heavy (non-hydrogen) atoms. The van der Waals surface area contributed by atoms with Gasteiger partial charge in [0.25, 0.3) is 5.91 Å². The first-order valence-corrected chi connectivity index (χ1v) is 8.08. The molecule has 0 aliphatic rings. The van der Waals surface area contributed by atoms with Crippen LogP contribution < -0.4 is 5.32 Å². The number of aromatic amines is 1. The molecule has 0 bridgehead atoms. The largest absolute Gasteiger partial charge is 0.350 e. The summed E-state index contributed by atoms with van der Waals surface area (Å²) >= 11 is 2.77. The maximum Gasteiger partial charge on any atom is 0.273 e. The van der Waals surface area contributed by atoms with Crippen LogP contribution >= 0.6 is 23.1 Å². The van der Waals surface area contributed by atoms with Crippen LogP contribution in [0.25, 0.3) is 10.9 Å².